The number of fused-ring (bicyclic) bond motifs is 1. The average Bonchev–Trinajstić information content (AvgIpc) is 3.48. The Morgan fingerprint density at radius 3 is 2.45 bits per heavy atom. The topological polar surface area (TPSA) is 51.9 Å². The molecule has 0 N–H and O–H groups in total. The van der Waals surface area contributed by atoms with Crippen molar-refractivity contribution in [1.82, 2.24) is 14.5 Å². The summed E-state index contributed by atoms with van der Waals surface area (Å²) in [6.45, 7) is 17.1. The van der Waals surface area contributed by atoms with Crippen LogP contribution in [0.15, 0.2) is 53.5 Å². The monoisotopic (exact) mass is 516 g/mol. The fourth-order valence-electron chi connectivity index (χ4n) is 5.76. The first-order valence-electron chi connectivity index (χ1n) is 14.3. The molecule has 204 valence electrons. The van der Waals surface area contributed by atoms with E-state index in [-0.39, 0.29) is 11.0 Å². The van der Waals surface area contributed by atoms with Gasteiger partial charge in [-0.15, -0.1) is 0 Å². The normalized spacial score (nSPS) is 18.6. The summed E-state index contributed by atoms with van der Waals surface area (Å²) in [5.74, 6) is 2.60. The van der Waals surface area contributed by atoms with Crippen LogP contribution in [0.25, 0.3) is 11.0 Å². The van der Waals surface area contributed by atoms with Crippen LogP contribution in [0.5, 0.6) is 0 Å². The first-order valence-corrected chi connectivity index (χ1v) is 14.3. The second-order valence-electron chi connectivity index (χ2n) is 12.0. The lowest BCUT2D eigenvalue weighted by Gasteiger charge is -2.32. The summed E-state index contributed by atoms with van der Waals surface area (Å²) in [7, 11) is 0. The van der Waals surface area contributed by atoms with Crippen molar-refractivity contribution in [2.75, 3.05) is 39.5 Å². The standard InChI is InChI=1S/C32H44N4O2/c1-6-37-22-21-36-28-10-8-7-9-27(28)33-29(36)25-16-19-35(20-17-25)18-15-24-11-13-26(14-12-24)32(4,5)30-34-31(2,3)23-38-30/h7-14,25H,6,15-23H2,1-5H3. The SMILES string of the molecule is CCOCCn1c(C2CCN(CCc3ccc(C(C)(C)C4=NC(C)(C)CO4)cc3)CC2)nc2ccccc21. The van der Waals surface area contributed by atoms with Crippen molar-refractivity contribution in [1.29, 1.82) is 0 Å². The summed E-state index contributed by atoms with van der Waals surface area (Å²) in [6.07, 6.45) is 3.38. The largest absolute Gasteiger partial charge is 0.478 e. The molecule has 0 unspecified atom stereocenters. The van der Waals surface area contributed by atoms with Crippen LogP contribution in [0.1, 0.15) is 70.3 Å². The molecule has 3 aromatic rings. The molecular formula is C32H44N4O2. The molecule has 1 aromatic heterocycles. The van der Waals surface area contributed by atoms with Crippen LogP contribution in [-0.4, -0.2) is 65.3 Å². The molecule has 0 aliphatic carbocycles. The number of hydrogen-bond acceptors (Lipinski definition) is 5. The lowest BCUT2D eigenvalue weighted by atomic mass is 9.83. The Hall–Kier alpha value is -2.70. The molecule has 2 aromatic carbocycles. The van der Waals surface area contributed by atoms with Crippen molar-refractivity contribution in [2.24, 2.45) is 4.99 Å². The lowest BCUT2D eigenvalue weighted by molar-refractivity contribution is 0.138. The average molecular weight is 517 g/mol. The molecule has 0 amide bonds. The summed E-state index contributed by atoms with van der Waals surface area (Å²) in [4.78, 5) is 12.5. The van der Waals surface area contributed by atoms with E-state index in [0.717, 1.165) is 70.1 Å². The Bertz CT molecular complexity index is 1250. The van der Waals surface area contributed by atoms with Gasteiger partial charge in [-0.3, -0.25) is 0 Å². The molecule has 38 heavy (non-hydrogen) atoms. The highest BCUT2D eigenvalue weighted by atomic mass is 16.5. The summed E-state index contributed by atoms with van der Waals surface area (Å²) < 4.78 is 14.0. The molecule has 0 saturated carbocycles. The maximum atomic E-state index is 5.97. The highest BCUT2D eigenvalue weighted by molar-refractivity contribution is 5.89. The number of imidazole rings is 1. The maximum Gasteiger partial charge on any atom is 0.194 e. The number of hydrogen-bond donors (Lipinski definition) is 0. The van der Waals surface area contributed by atoms with Crippen molar-refractivity contribution in [2.45, 2.75) is 77.3 Å². The molecule has 1 saturated heterocycles. The Morgan fingerprint density at radius 2 is 1.76 bits per heavy atom. The van der Waals surface area contributed by atoms with Crippen LogP contribution in [0.2, 0.25) is 0 Å². The molecule has 6 heteroatoms. The fourth-order valence-corrected chi connectivity index (χ4v) is 5.76. The Labute approximate surface area is 228 Å². The Balaban J connectivity index is 1.16. The number of rotatable bonds is 10. The number of benzene rings is 2. The predicted octanol–water partition coefficient (Wildman–Crippen LogP) is 5.98. The molecule has 5 rings (SSSR count). The molecule has 3 heterocycles. The quantitative estimate of drug-likeness (QED) is 0.311. The first-order chi connectivity index (χ1) is 18.3. The summed E-state index contributed by atoms with van der Waals surface area (Å²) >= 11 is 0. The summed E-state index contributed by atoms with van der Waals surface area (Å²) in [6, 6.07) is 17.6. The number of aromatic nitrogens is 2. The van der Waals surface area contributed by atoms with E-state index in [1.807, 2.05) is 0 Å². The van der Waals surface area contributed by atoms with Crippen LogP contribution in [-0.2, 0) is 27.9 Å². The molecule has 1 fully saturated rings. The third-order valence-electron chi connectivity index (χ3n) is 8.19. The predicted molar refractivity (Wildman–Crippen MR) is 155 cm³/mol. The zero-order valence-corrected chi connectivity index (χ0v) is 23.9. The molecule has 2 aliphatic rings. The van der Waals surface area contributed by atoms with Crippen LogP contribution in [0.4, 0.5) is 0 Å². The smallest absolute Gasteiger partial charge is 0.194 e. The van der Waals surface area contributed by atoms with Gasteiger partial charge in [0.05, 0.1) is 28.6 Å². The van der Waals surface area contributed by atoms with E-state index in [2.05, 4.69) is 92.6 Å². The molecule has 0 atom stereocenters. The molecule has 0 bridgehead atoms. The van der Waals surface area contributed by atoms with Gasteiger partial charge in [0.25, 0.3) is 0 Å². The molecular weight excluding hydrogens is 472 g/mol. The molecule has 0 spiro atoms. The van der Waals surface area contributed by atoms with Gasteiger partial charge in [-0.1, -0.05) is 36.4 Å². The van der Waals surface area contributed by atoms with Crippen LogP contribution >= 0.6 is 0 Å². The molecule has 6 nitrogen and oxygen atoms in total. The minimum Gasteiger partial charge on any atom is -0.478 e. The number of likely N-dealkylation sites (tertiary alicyclic amines) is 1. The van der Waals surface area contributed by atoms with E-state index >= 15 is 0 Å². The van der Waals surface area contributed by atoms with Gasteiger partial charge in [-0.2, -0.15) is 0 Å². The van der Waals surface area contributed by atoms with Crippen LogP contribution < -0.4 is 0 Å². The third-order valence-corrected chi connectivity index (χ3v) is 8.19. The number of nitrogens with zero attached hydrogens (tertiary/aromatic N) is 4. The van der Waals surface area contributed by atoms with Crippen molar-refractivity contribution >= 4 is 16.9 Å². The van der Waals surface area contributed by atoms with Gasteiger partial charge in [0.15, 0.2) is 5.90 Å². The van der Waals surface area contributed by atoms with Crippen LogP contribution in [0, 0.1) is 0 Å². The number of ether oxygens (including phenoxy) is 2. The minimum absolute atomic E-state index is 0.129. The fraction of sp³-hybridized carbons (Fsp3) is 0.562. The van der Waals surface area contributed by atoms with Gasteiger partial charge < -0.3 is 18.9 Å². The maximum absolute atomic E-state index is 5.97. The number of piperidine rings is 1. The zero-order chi connectivity index (χ0) is 26.8. The number of aliphatic imine (C=N–C) groups is 1. The van der Waals surface area contributed by atoms with E-state index in [4.69, 9.17) is 19.5 Å². The van der Waals surface area contributed by atoms with E-state index in [1.54, 1.807) is 0 Å². The molecule has 0 radical (unpaired) electrons. The van der Waals surface area contributed by atoms with Gasteiger partial charge in [-0.05, 0) is 90.2 Å². The van der Waals surface area contributed by atoms with E-state index in [9.17, 15) is 0 Å². The van der Waals surface area contributed by atoms with Gasteiger partial charge in [0.2, 0.25) is 0 Å². The van der Waals surface area contributed by atoms with Gasteiger partial charge in [0.1, 0.15) is 12.4 Å². The van der Waals surface area contributed by atoms with E-state index in [1.165, 1.54) is 22.5 Å². The summed E-state index contributed by atoms with van der Waals surface area (Å²) in [5.41, 5.74) is 4.63. The Kier molecular flexibility index (Phi) is 7.92. The first kappa shape index (κ1) is 26.9. The number of para-hydroxylation sites is 2. The van der Waals surface area contributed by atoms with Crippen LogP contribution in [0.3, 0.4) is 0 Å². The van der Waals surface area contributed by atoms with Crippen molar-refractivity contribution in [3.05, 3.63) is 65.5 Å². The second kappa shape index (κ2) is 11.2. The highest BCUT2D eigenvalue weighted by Gasteiger charge is 2.37. The Morgan fingerprint density at radius 1 is 1.03 bits per heavy atom. The van der Waals surface area contributed by atoms with Gasteiger partial charge >= 0.3 is 0 Å². The van der Waals surface area contributed by atoms with E-state index < -0.39 is 0 Å². The van der Waals surface area contributed by atoms with Gasteiger partial charge in [0, 0.05) is 25.6 Å². The van der Waals surface area contributed by atoms with Gasteiger partial charge in [-0.25, -0.2) is 9.98 Å². The zero-order valence-electron chi connectivity index (χ0n) is 23.9. The van der Waals surface area contributed by atoms with Crippen molar-refractivity contribution in [3.8, 4) is 0 Å². The highest BCUT2D eigenvalue weighted by Crippen LogP contribution is 2.32. The second-order valence-corrected chi connectivity index (χ2v) is 12.0. The van der Waals surface area contributed by atoms with Crippen molar-refractivity contribution < 1.29 is 9.47 Å². The molecule has 2 aliphatic heterocycles. The third kappa shape index (κ3) is 5.81. The van der Waals surface area contributed by atoms with E-state index in [0.29, 0.717) is 12.5 Å². The summed E-state index contributed by atoms with van der Waals surface area (Å²) in [5, 5.41) is 0. The minimum atomic E-state index is -0.215. The van der Waals surface area contributed by atoms with Crippen molar-refractivity contribution in [3.63, 3.8) is 0 Å². The lowest BCUT2D eigenvalue weighted by Crippen LogP contribution is -2.35.